The third kappa shape index (κ3) is 4.50. The molecular formula is C25H30O5. The molecule has 160 valence electrons. The summed E-state index contributed by atoms with van der Waals surface area (Å²) in [6.45, 7) is 4.27. The van der Waals surface area contributed by atoms with Gasteiger partial charge in [-0.25, -0.2) is 0 Å². The number of hydrogen-bond acceptors (Lipinski definition) is 4. The Labute approximate surface area is 178 Å². The summed E-state index contributed by atoms with van der Waals surface area (Å²) in [5.74, 6) is -1.15. The third-order valence-electron chi connectivity index (χ3n) is 5.76. The minimum Gasteiger partial charge on any atom is -0.496 e. The molecule has 1 aliphatic heterocycles. The Hall–Kier alpha value is -2.82. The van der Waals surface area contributed by atoms with Crippen molar-refractivity contribution in [1.29, 1.82) is 0 Å². The van der Waals surface area contributed by atoms with Gasteiger partial charge in [0.15, 0.2) is 0 Å². The second kappa shape index (κ2) is 9.79. The summed E-state index contributed by atoms with van der Waals surface area (Å²) in [4.78, 5) is 25.0. The highest BCUT2D eigenvalue weighted by molar-refractivity contribution is 6.13. The summed E-state index contributed by atoms with van der Waals surface area (Å²) in [6, 6.07) is 9.47. The number of rotatable bonds is 10. The van der Waals surface area contributed by atoms with E-state index in [4.69, 9.17) is 9.47 Å². The zero-order chi connectivity index (χ0) is 21.7. The molecule has 0 saturated heterocycles. The maximum atomic E-state index is 13.4. The summed E-state index contributed by atoms with van der Waals surface area (Å²) >= 11 is 0. The lowest BCUT2D eigenvalue weighted by Crippen LogP contribution is -2.13. The summed E-state index contributed by atoms with van der Waals surface area (Å²) < 4.78 is 11.3. The minimum absolute atomic E-state index is 0.207. The molecule has 0 amide bonds. The third-order valence-corrected chi connectivity index (χ3v) is 5.76. The molecular weight excluding hydrogens is 380 g/mol. The Balaban J connectivity index is 1.94. The van der Waals surface area contributed by atoms with Crippen molar-refractivity contribution in [3.63, 3.8) is 0 Å². The van der Waals surface area contributed by atoms with E-state index in [9.17, 15) is 14.7 Å². The number of aryl methyl sites for hydroxylation is 1. The van der Waals surface area contributed by atoms with Gasteiger partial charge in [-0.05, 0) is 37.0 Å². The Morgan fingerprint density at radius 3 is 2.53 bits per heavy atom. The van der Waals surface area contributed by atoms with Crippen LogP contribution in [0.15, 0.2) is 30.3 Å². The number of carbonyl (C=O) groups excluding carboxylic acids is 1. The average molecular weight is 411 g/mol. The van der Waals surface area contributed by atoms with Crippen molar-refractivity contribution in [2.24, 2.45) is 0 Å². The van der Waals surface area contributed by atoms with Gasteiger partial charge in [0.2, 0.25) is 5.78 Å². The van der Waals surface area contributed by atoms with Gasteiger partial charge in [-0.3, -0.25) is 9.59 Å². The second-order valence-electron chi connectivity index (χ2n) is 7.86. The lowest BCUT2D eigenvalue weighted by atomic mass is 9.90. The molecule has 2 aromatic rings. The van der Waals surface area contributed by atoms with Gasteiger partial charge in [0.25, 0.3) is 0 Å². The van der Waals surface area contributed by atoms with Gasteiger partial charge in [-0.15, -0.1) is 0 Å². The van der Waals surface area contributed by atoms with Crippen molar-refractivity contribution in [3.05, 3.63) is 58.1 Å². The highest BCUT2D eigenvalue weighted by atomic mass is 16.5. The van der Waals surface area contributed by atoms with E-state index in [-0.39, 0.29) is 5.78 Å². The van der Waals surface area contributed by atoms with Crippen LogP contribution < -0.4 is 9.47 Å². The number of benzene rings is 2. The Morgan fingerprint density at radius 2 is 1.90 bits per heavy atom. The van der Waals surface area contributed by atoms with E-state index in [1.807, 2.05) is 24.3 Å². The van der Waals surface area contributed by atoms with Crippen LogP contribution in [0.2, 0.25) is 0 Å². The van der Waals surface area contributed by atoms with Crippen LogP contribution in [-0.2, 0) is 17.6 Å². The molecule has 0 radical (unpaired) electrons. The van der Waals surface area contributed by atoms with Gasteiger partial charge < -0.3 is 14.6 Å². The lowest BCUT2D eigenvalue weighted by Gasteiger charge is -2.19. The summed E-state index contributed by atoms with van der Waals surface area (Å²) in [6.07, 6.45) is 6.46. The molecule has 5 heteroatoms. The maximum absolute atomic E-state index is 13.4. The number of aliphatic carboxylic acids is 1. The first-order valence-corrected chi connectivity index (χ1v) is 10.7. The van der Waals surface area contributed by atoms with Crippen LogP contribution in [0.5, 0.6) is 11.5 Å². The molecule has 0 spiro atoms. The molecule has 1 unspecified atom stereocenters. The molecule has 0 saturated carbocycles. The molecule has 30 heavy (non-hydrogen) atoms. The zero-order valence-electron chi connectivity index (χ0n) is 18.0. The van der Waals surface area contributed by atoms with Gasteiger partial charge in [-0.1, -0.05) is 50.5 Å². The number of unbranched alkanes of at least 4 members (excludes halogenated alkanes) is 3. The second-order valence-corrected chi connectivity index (χ2v) is 7.86. The smallest absolute Gasteiger partial charge is 0.310 e. The molecule has 0 fully saturated rings. The normalized spacial score (nSPS) is 13.4. The van der Waals surface area contributed by atoms with Crippen LogP contribution in [0.1, 0.15) is 78.1 Å². The standard InChI is InChI=1S/C25H30O5/c1-4-5-6-7-8-17-9-11-18(12-10-17)22(26)21-23-19(13-14-30-23)15-20(24(21)29-3)16(2)25(27)28/h9-12,15-16H,4-8,13-14H2,1-3H3,(H,27,28). The Bertz CT molecular complexity index is 914. The summed E-state index contributed by atoms with van der Waals surface area (Å²) in [5.41, 5.74) is 3.44. The molecule has 1 N–H and O–H groups in total. The first-order valence-electron chi connectivity index (χ1n) is 10.7. The molecule has 5 nitrogen and oxygen atoms in total. The largest absolute Gasteiger partial charge is 0.496 e. The van der Waals surface area contributed by atoms with Crippen LogP contribution in [0.25, 0.3) is 0 Å². The van der Waals surface area contributed by atoms with Crippen LogP contribution >= 0.6 is 0 Å². The van der Waals surface area contributed by atoms with Gasteiger partial charge in [0.1, 0.15) is 17.1 Å². The predicted octanol–water partition coefficient (Wildman–Crippen LogP) is 5.17. The van der Waals surface area contributed by atoms with Gasteiger partial charge in [-0.2, -0.15) is 0 Å². The van der Waals surface area contributed by atoms with Crippen LogP contribution in [-0.4, -0.2) is 30.6 Å². The number of hydrogen-bond donors (Lipinski definition) is 1. The number of carboxylic acids is 1. The van der Waals surface area contributed by atoms with Crippen molar-refractivity contribution in [2.75, 3.05) is 13.7 Å². The molecule has 0 bridgehead atoms. The van der Waals surface area contributed by atoms with Crippen molar-refractivity contribution in [3.8, 4) is 11.5 Å². The SMILES string of the molecule is CCCCCCc1ccc(C(=O)c2c3c(cc(C(C)C(=O)O)c2OC)CCO3)cc1. The fraction of sp³-hybridized carbons (Fsp3) is 0.440. The van der Waals surface area contributed by atoms with E-state index in [0.717, 1.165) is 18.4 Å². The first kappa shape index (κ1) is 21.9. The molecule has 0 aromatic heterocycles. The van der Waals surface area contributed by atoms with Crippen molar-refractivity contribution in [2.45, 2.75) is 58.3 Å². The average Bonchev–Trinajstić information content (AvgIpc) is 3.23. The Kier molecular flexibility index (Phi) is 7.14. The first-order chi connectivity index (χ1) is 14.5. The lowest BCUT2D eigenvalue weighted by molar-refractivity contribution is -0.138. The fourth-order valence-electron chi connectivity index (χ4n) is 3.94. The summed E-state index contributed by atoms with van der Waals surface area (Å²) in [5, 5.41) is 9.51. The van der Waals surface area contributed by atoms with Gasteiger partial charge in [0.05, 0.1) is 19.6 Å². The molecule has 2 aromatic carbocycles. The van der Waals surface area contributed by atoms with Crippen molar-refractivity contribution in [1.82, 2.24) is 0 Å². The zero-order valence-corrected chi connectivity index (χ0v) is 18.0. The highest BCUT2D eigenvalue weighted by Gasteiger charge is 2.31. The van der Waals surface area contributed by atoms with E-state index < -0.39 is 11.9 Å². The highest BCUT2D eigenvalue weighted by Crippen LogP contribution is 2.42. The maximum Gasteiger partial charge on any atom is 0.310 e. The monoisotopic (exact) mass is 410 g/mol. The molecule has 1 aliphatic rings. The molecule has 1 atom stereocenters. The number of fused-ring (bicyclic) bond motifs is 1. The quantitative estimate of drug-likeness (QED) is 0.432. The van der Waals surface area contributed by atoms with Gasteiger partial charge >= 0.3 is 5.97 Å². The topological polar surface area (TPSA) is 72.8 Å². The van der Waals surface area contributed by atoms with E-state index >= 15 is 0 Å². The van der Waals surface area contributed by atoms with E-state index in [2.05, 4.69) is 6.92 Å². The van der Waals surface area contributed by atoms with Crippen LogP contribution in [0.3, 0.4) is 0 Å². The minimum atomic E-state index is -0.960. The van der Waals surface area contributed by atoms with Crippen LogP contribution in [0.4, 0.5) is 0 Å². The fourth-order valence-corrected chi connectivity index (χ4v) is 3.94. The van der Waals surface area contributed by atoms with Crippen molar-refractivity contribution >= 4 is 11.8 Å². The molecule has 0 aliphatic carbocycles. The summed E-state index contributed by atoms with van der Waals surface area (Å²) in [7, 11) is 1.46. The van der Waals surface area contributed by atoms with E-state index in [0.29, 0.717) is 41.2 Å². The van der Waals surface area contributed by atoms with Crippen LogP contribution in [0, 0.1) is 0 Å². The van der Waals surface area contributed by atoms with Gasteiger partial charge in [0, 0.05) is 17.5 Å². The number of ether oxygens (including phenoxy) is 2. The molecule has 3 rings (SSSR count). The number of ketones is 1. The number of methoxy groups -OCH3 is 1. The number of carboxylic acid groups (broad SMARTS) is 1. The number of carbonyl (C=O) groups is 2. The van der Waals surface area contributed by atoms with E-state index in [1.165, 1.54) is 31.9 Å². The molecule has 1 heterocycles. The van der Waals surface area contributed by atoms with Crippen molar-refractivity contribution < 1.29 is 24.2 Å². The Morgan fingerprint density at radius 1 is 1.17 bits per heavy atom. The predicted molar refractivity (Wildman–Crippen MR) is 116 cm³/mol. The van der Waals surface area contributed by atoms with E-state index in [1.54, 1.807) is 13.0 Å².